The highest BCUT2D eigenvalue weighted by Gasteiger charge is 2.26. The fourth-order valence-electron chi connectivity index (χ4n) is 3.17. The summed E-state index contributed by atoms with van der Waals surface area (Å²) in [5.74, 6) is 0.894. The van der Waals surface area contributed by atoms with Crippen LogP contribution < -0.4 is 0 Å². The normalized spacial score (nSPS) is 22.5. The first-order chi connectivity index (χ1) is 10.4. The second kappa shape index (κ2) is 7.27. The van der Waals surface area contributed by atoms with E-state index in [9.17, 15) is 13.2 Å². The van der Waals surface area contributed by atoms with Gasteiger partial charge in [0, 0.05) is 19.5 Å². The second-order valence-corrected chi connectivity index (χ2v) is 8.76. The van der Waals surface area contributed by atoms with Crippen molar-refractivity contribution in [1.82, 2.24) is 4.90 Å². The van der Waals surface area contributed by atoms with Crippen LogP contribution in [0.3, 0.4) is 0 Å². The van der Waals surface area contributed by atoms with Gasteiger partial charge >= 0.3 is 0 Å². The number of sulfone groups is 1. The average molecular weight is 323 g/mol. The van der Waals surface area contributed by atoms with E-state index in [0.717, 1.165) is 25.1 Å². The zero-order chi connectivity index (χ0) is 16.2. The lowest BCUT2D eigenvalue weighted by atomic mass is 9.92. The maximum absolute atomic E-state index is 12.2. The molecule has 1 aromatic rings. The number of carbonyl (C=O) groups is 1. The lowest BCUT2D eigenvalue weighted by Crippen LogP contribution is -2.43. The van der Waals surface area contributed by atoms with Gasteiger partial charge in [-0.25, -0.2) is 8.42 Å². The van der Waals surface area contributed by atoms with Crippen molar-refractivity contribution < 1.29 is 13.2 Å². The van der Waals surface area contributed by atoms with Crippen molar-refractivity contribution in [2.45, 2.75) is 32.4 Å². The first-order valence-corrected chi connectivity index (χ1v) is 9.70. The molecule has 1 fully saturated rings. The van der Waals surface area contributed by atoms with Crippen LogP contribution in [0.5, 0.6) is 0 Å². The van der Waals surface area contributed by atoms with Crippen LogP contribution in [0.4, 0.5) is 0 Å². The predicted molar refractivity (Wildman–Crippen MR) is 88.1 cm³/mol. The molecule has 0 radical (unpaired) electrons. The summed E-state index contributed by atoms with van der Waals surface area (Å²) >= 11 is 0. The van der Waals surface area contributed by atoms with E-state index in [1.165, 1.54) is 0 Å². The molecule has 0 aliphatic carbocycles. The molecule has 4 nitrogen and oxygen atoms in total. The molecule has 122 valence electrons. The van der Waals surface area contributed by atoms with Crippen LogP contribution in [0.15, 0.2) is 30.3 Å². The van der Waals surface area contributed by atoms with Crippen LogP contribution in [0.2, 0.25) is 0 Å². The van der Waals surface area contributed by atoms with Gasteiger partial charge in [-0.15, -0.1) is 0 Å². The monoisotopic (exact) mass is 323 g/mol. The van der Waals surface area contributed by atoms with E-state index in [2.05, 4.69) is 13.8 Å². The van der Waals surface area contributed by atoms with E-state index >= 15 is 0 Å². The third-order valence-electron chi connectivity index (χ3n) is 4.08. The summed E-state index contributed by atoms with van der Waals surface area (Å²) in [7, 11) is -3.24. The molecule has 0 bridgehead atoms. The third kappa shape index (κ3) is 5.13. The maximum atomic E-state index is 12.2. The number of benzene rings is 1. The molecule has 1 amide bonds. The quantitative estimate of drug-likeness (QED) is 0.836. The van der Waals surface area contributed by atoms with Crippen LogP contribution in [-0.2, 0) is 20.4 Å². The Morgan fingerprint density at radius 3 is 2.32 bits per heavy atom. The Bertz CT molecular complexity index is 588. The molecular formula is C17H25NO3S. The summed E-state index contributed by atoms with van der Waals surface area (Å²) in [6.07, 6.45) is 1.23. The highest BCUT2D eigenvalue weighted by Crippen LogP contribution is 2.21. The van der Waals surface area contributed by atoms with Crippen molar-refractivity contribution in [3.05, 3.63) is 35.9 Å². The molecule has 0 saturated carbocycles. The van der Waals surface area contributed by atoms with Gasteiger partial charge in [0.05, 0.1) is 11.5 Å². The summed E-state index contributed by atoms with van der Waals surface area (Å²) in [6.45, 7) is 5.79. The summed E-state index contributed by atoms with van der Waals surface area (Å²) < 4.78 is 24.3. The molecule has 22 heavy (non-hydrogen) atoms. The van der Waals surface area contributed by atoms with Gasteiger partial charge in [-0.05, 0) is 23.8 Å². The van der Waals surface area contributed by atoms with Crippen LogP contribution in [0.25, 0.3) is 0 Å². The van der Waals surface area contributed by atoms with Gasteiger partial charge in [-0.2, -0.15) is 0 Å². The Labute approximate surface area is 133 Å². The first kappa shape index (κ1) is 17.0. The van der Waals surface area contributed by atoms with Gasteiger partial charge < -0.3 is 4.90 Å². The van der Waals surface area contributed by atoms with E-state index in [-0.39, 0.29) is 23.8 Å². The molecular weight excluding hydrogens is 298 g/mol. The minimum absolute atomic E-state index is 0.00786. The number of carbonyl (C=O) groups excluding carboxylic acids is 1. The molecule has 0 N–H and O–H groups in total. The third-order valence-corrected chi connectivity index (χ3v) is 5.68. The highest BCUT2D eigenvalue weighted by molar-refractivity contribution is 7.90. The Balaban J connectivity index is 1.87. The molecule has 0 aromatic heterocycles. The Hall–Kier alpha value is -1.36. The predicted octanol–water partition coefficient (Wildman–Crippen LogP) is 2.50. The van der Waals surface area contributed by atoms with Crippen molar-refractivity contribution in [2.75, 3.05) is 18.8 Å². The van der Waals surface area contributed by atoms with Gasteiger partial charge in [0.1, 0.15) is 0 Å². The number of hydrogen-bond donors (Lipinski definition) is 0. The smallest absolute Gasteiger partial charge is 0.223 e. The molecule has 2 rings (SSSR count). The number of likely N-dealkylation sites (tertiary alicyclic amines) is 1. The van der Waals surface area contributed by atoms with Crippen molar-refractivity contribution >= 4 is 15.7 Å². The zero-order valence-corrected chi connectivity index (χ0v) is 14.2. The summed E-state index contributed by atoms with van der Waals surface area (Å²) in [6, 6.07) is 9.11. The fraction of sp³-hybridized carbons (Fsp3) is 0.588. The van der Waals surface area contributed by atoms with Crippen molar-refractivity contribution in [3.63, 3.8) is 0 Å². The van der Waals surface area contributed by atoms with Gasteiger partial charge in [0.15, 0.2) is 9.84 Å². The largest absolute Gasteiger partial charge is 0.342 e. The Morgan fingerprint density at radius 2 is 1.73 bits per heavy atom. The lowest BCUT2D eigenvalue weighted by molar-refractivity contribution is -0.133. The minimum Gasteiger partial charge on any atom is -0.342 e. The van der Waals surface area contributed by atoms with Crippen LogP contribution in [-0.4, -0.2) is 38.1 Å². The van der Waals surface area contributed by atoms with Gasteiger partial charge in [-0.3, -0.25) is 4.79 Å². The molecule has 1 heterocycles. The van der Waals surface area contributed by atoms with E-state index < -0.39 is 9.84 Å². The van der Waals surface area contributed by atoms with Gasteiger partial charge in [0.25, 0.3) is 0 Å². The summed E-state index contributed by atoms with van der Waals surface area (Å²) in [5, 5.41) is 0. The highest BCUT2D eigenvalue weighted by atomic mass is 32.2. The van der Waals surface area contributed by atoms with Crippen molar-refractivity contribution in [3.8, 4) is 0 Å². The Morgan fingerprint density at radius 1 is 1.14 bits per heavy atom. The van der Waals surface area contributed by atoms with E-state index in [4.69, 9.17) is 0 Å². The summed E-state index contributed by atoms with van der Waals surface area (Å²) in [5.41, 5.74) is 0.773. The standard InChI is InChI=1S/C17H25NO3S/c1-14-10-15(2)12-18(11-14)17(19)8-9-22(20,21)13-16-6-4-3-5-7-16/h3-7,14-15H,8-13H2,1-2H3/t14-,15-/m0/s1. The van der Waals surface area contributed by atoms with Crippen molar-refractivity contribution in [2.24, 2.45) is 11.8 Å². The molecule has 1 aromatic carbocycles. The molecule has 1 aliphatic rings. The molecule has 5 heteroatoms. The maximum Gasteiger partial charge on any atom is 0.223 e. The minimum atomic E-state index is -3.24. The second-order valence-electron chi connectivity index (χ2n) is 6.57. The van der Waals surface area contributed by atoms with Crippen LogP contribution in [0.1, 0.15) is 32.3 Å². The molecule has 0 unspecified atom stereocenters. The SMILES string of the molecule is C[C@H]1C[C@H](C)CN(C(=O)CCS(=O)(=O)Cc2ccccc2)C1. The number of nitrogens with zero attached hydrogens (tertiary/aromatic N) is 1. The van der Waals surface area contributed by atoms with E-state index in [1.54, 1.807) is 12.1 Å². The zero-order valence-electron chi connectivity index (χ0n) is 13.4. The molecule has 0 spiro atoms. The topological polar surface area (TPSA) is 54.5 Å². The van der Waals surface area contributed by atoms with E-state index in [0.29, 0.717) is 11.8 Å². The van der Waals surface area contributed by atoms with Crippen LogP contribution in [0, 0.1) is 11.8 Å². The van der Waals surface area contributed by atoms with E-state index in [1.807, 2.05) is 23.1 Å². The Kier molecular flexibility index (Phi) is 5.62. The molecule has 1 saturated heterocycles. The molecule has 2 atom stereocenters. The van der Waals surface area contributed by atoms with Gasteiger partial charge in [-0.1, -0.05) is 44.2 Å². The first-order valence-electron chi connectivity index (χ1n) is 7.88. The summed E-state index contributed by atoms with van der Waals surface area (Å²) in [4.78, 5) is 14.1. The molecule has 1 aliphatic heterocycles. The number of amides is 1. The van der Waals surface area contributed by atoms with Crippen LogP contribution >= 0.6 is 0 Å². The number of rotatable bonds is 5. The number of piperidine rings is 1. The van der Waals surface area contributed by atoms with Crippen molar-refractivity contribution in [1.29, 1.82) is 0 Å². The van der Waals surface area contributed by atoms with Gasteiger partial charge in [0.2, 0.25) is 5.91 Å². The lowest BCUT2D eigenvalue weighted by Gasteiger charge is -2.35. The number of hydrogen-bond acceptors (Lipinski definition) is 3. The average Bonchev–Trinajstić information content (AvgIpc) is 2.44. The fourth-order valence-corrected chi connectivity index (χ4v) is 4.50.